The van der Waals surface area contributed by atoms with Gasteiger partial charge in [-0.15, -0.1) is 0 Å². The highest BCUT2D eigenvalue weighted by atomic mass is 32.2. The van der Waals surface area contributed by atoms with Crippen LogP contribution in [0, 0.1) is 5.92 Å². The highest BCUT2D eigenvalue weighted by Gasteiger charge is 2.24. The van der Waals surface area contributed by atoms with Gasteiger partial charge in [-0.05, 0) is 19.3 Å². The fraction of sp³-hybridized carbons (Fsp3) is 0.750. The van der Waals surface area contributed by atoms with Crippen LogP contribution in [-0.2, 0) is 6.54 Å². The van der Waals surface area contributed by atoms with E-state index >= 15 is 0 Å². The number of aliphatic imine (C=N–C) groups is 1. The van der Waals surface area contributed by atoms with Crippen LogP contribution in [0.1, 0.15) is 27.2 Å². The molecule has 2 rings (SSSR count). The SMILES string of the molecule is CCNC(=NCCCn1ccnc1)N1CCSC(C(C)C)C1. The number of nitrogens with one attached hydrogen (secondary N) is 1. The Hall–Kier alpha value is -1.17. The Balaban J connectivity index is 1.85. The van der Waals surface area contributed by atoms with Gasteiger partial charge in [0.25, 0.3) is 0 Å². The highest BCUT2D eigenvalue weighted by Crippen LogP contribution is 2.24. The monoisotopic (exact) mass is 323 g/mol. The summed E-state index contributed by atoms with van der Waals surface area (Å²) < 4.78 is 2.11. The smallest absolute Gasteiger partial charge is 0.193 e. The lowest BCUT2D eigenvalue weighted by Crippen LogP contribution is -2.49. The topological polar surface area (TPSA) is 45.5 Å². The number of thioether (sulfide) groups is 1. The fourth-order valence-electron chi connectivity index (χ4n) is 2.55. The van der Waals surface area contributed by atoms with E-state index in [2.05, 4.69) is 52.3 Å². The molecule has 0 amide bonds. The van der Waals surface area contributed by atoms with E-state index in [4.69, 9.17) is 4.99 Å². The van der Waals surface area contributed by atoms with E-state index in [0.29, 0.717) is 5.25 Å². The van der Waals surface area contributed by atoms with Crippen LogP contribution in [0.3, 0.4) is 0 Å². The average Bonchev–Trinajstić information content (AvgIpc) is 3.04. The molecule has 1 saturated heterocycles. The Bertz CT molecular complexity index is 443. The van der Waals surface area contributed by atoms with Crippen molar-refractivity contribution in [2.24, 2.45) is 10.9 Å². The van der Waals surface area contributed by atoms with E-state index in [0.717, 1.165) is 51.0 Å². The molecule has 6 heteroatoms. The van der Waals surface area contributed by atoms with Crippen LogP contribution in [0.15, 0.2) is 23.7 Å². The van der Waals surface area contributed by atoms with Crippen molar-refractivity contribution in [3.63, 3.8) is 0 Å². The Kier molecular flexibility index (Phi) is 7.09. The summed E-state index contributed by atoms with van der Waals surface area (Å²) >= 11 is 2.10. The molecule has 1 aromatic rings. The minimum Gasteiger partial charge on any atom is -0.357 e. The maximum atomic E-state index is 4.82. The largest absolute Gasteiger partial charge is 0.357 e. The zero-order valence-corrected chi connectivity index (χ0v) is 14.9. The number of hydrogen-bond acceptors (Lipinski definition) is 3. The van der Waals surface area contributed by atoms with Crippen LogP contribution in [0.5, 0.6) is 0 Å². The first-order valence-electron chi connectivity index (χ1n) is 8.31. The minimum absolute atomic E-state index is 0.712. The average molecular weight is 324 g/mol. The second-order valence-electron chi connectivity index (χ2n) is 5.99. The van der Waals surface area contributed by atoms with Gasteiger partial charge in [-0.3, -0.25) is 4.99 Å². The summed E-state index contributed by atoms with van der Waals surface area (Å²) in [6.45, 7) is 11.7. The molecular weight excluding hydrogens is 294 g/mol. The molecule has 1 atom stereocenters. The second-order valence-corrected chi connectivity index (χ2v) is 7.34. The number of aromatic nitrogens is 2. The molecule has 1 N–H and O–H groups in total. The van der Waals surface area contributed by atoms with Gasteiger partial charge in [0.15, 0.2) is 5.96 Å². The molecule has 0 radical (unpaired) electrons. The van der Waals surface area contributed by atoms with Gasteiger partial charge in [-0.2, -0.15) is 11.8 Å². The van der Waals surface area contributed by atoms with E-state index in [1.54, 1.807) is 0 Å². The molecule has 22 heavy (non-hydrogen) atoms. The Morgan fingerprint density at radius 2 is 2.36 bits per heavy atom. The molecule has 124 valence electrons. The van der Waals surface area contributed by atoms with Crippen LogP contribution < -0.4 is 5.32 Å². The zero-order valence-electron chi connectivity index (χ0n) is 14.0. The molecule has 1 fully saturated rings. The van der Waals surface area contributed by atoms with Crippen molar-refractivity contribution in [2.75, 3.05) is 31.9 Å². The molecular formula is C16H29N5S. The lowest BCUT2D eigenvalue weighted by Gasteiger charge is -2.36. The van der Waals surface area contributed by atoms with Gasteiger partial charge in [0, 0.05) is 56.1 Å². The van der Waals surface area contributed by atoms with Gasteiger partial charge < -0.3 is 14.8 Å². The van der Waals surface area contributed by atoms with Crippen LogP contribution in [0.25, 0.3) is 0 Å². The maximum Gasteiger partial charge on any atom is 0.193 e. The summed E-state index contributed by atoms with van der Waals surface area (Å²) in [6.07, 6.45) is 6.74. The van der Waals surface area contributed by atoms with E-state index < -0.39 is 0 Å². The lowest BCUT2D eigenvalue weighted by molar-refractivity contribution is 0.380. The number of nitrogens with zero attached hydrogens (tertiary/aromatic N) is 4. The predicted octanol–water partition coefficient (Wildman–Crippen LogP) is 2.31. The van der Waals surface area contributed by atoms with Gasteiger partial charge in [0.1, 0.15) is 0 Å². The van der Waals surface area contributed by atoms with Crippen molar-refractivity contribution in [1.29, 1.82) is 0 Å². The van der Waals surface area contributed by atoms with Crippen LogP contribution >= 0.6 is 11.8 Å². The van der Waals surface area contributed by atoms with Crippen molar-refractivity contribution in [1.82, 2.24) is 19.8 Å². The number of guanidine groups is 1. The van der Waals surface area contributed by atoms with Crippen LogP contribution in [0.4, 0.5) is 0 Å². The first kappa shape index (κ1) is 17.2. The number of imidazole rings is 1. The van der Waals surface area contributed by atoms with Gasteiger partial charge in [-0.25, -0.2) is 4.98 Å². The van der Waals surface area contributed by atoms with E-state index in [1.165, 1.54) is 5.75 Å². The molecule has 1 aromatic heterocycles. The second kappa shape index (κ2) is 9.08. The first-order chi connectivity index (χ1) is 10.7. The lowest BCUT2D eigenvalue weighted by atomic mass is 10.1. The third-order valence-corrected chi connectivity index (χ3v) is 5.41. The summed E-state index contributed by atoms with van der Waals surface area (Å²) in [7, 11) is 0. The standard InChI is InChI=1S/C16H29N5S/c1-4-18-16(19-6-5-8-20-9-7-17-13-20)21-10-11-22-15(12-21)14(2)3/h7,9,13-15H,4-6,8,10-12H2,1-3H3,(H,18,19). The van der Waals surface area contributed by atoms with Gasteiger partial charge in [0.05, 0.1) is 6.33 Å². The fourth-order valence-corrected chi connectivity index (χ4v) is 3.85. The number of hydrogen-bond donors (Lipinski definition) is 1. The molecule has 2 heterocycles. The molecule has 1 unspecified atom stereocenters. The van der Waals surface area contributed by atoms with Crippen molar-refractivity contribution >= 4 is 17.7 Å². The summed E-state index contributed by atoms with van der Waals surface area (Å²) in [5, 5.41) is 4.16. The van der Waals surface area contributed by atoms with E-state index in [1.807, 2.05) is 18.7 Å². The Morgan fingerprint density at radius 1 is 1.50 bits per heavy atom. The maximum absolute atomic E-state index is 4.82. The highest BCUT2D eigenvalue weighted by molar-refractivity contribution is 8.00. The number of aryl methyl sites for hydroxylation is 1. The Labute approximate surface area is 138 Å². The van der Waals surface area contributed by atoms with Crippen LogP contribution in [0.2, 0.25) is 0 Å². The first-order valence-corrected chi connectivity index (χ1v) is 9.36. The molecule has 0 bridgehead atoms. The van der Waals surface area contributed by atoms with Crippen molar-refractivity contribution < 1.29 is 0 Å². The molecule has 0 aliphatic carbocycles. The summed E-state index contributed by atoms with van der Waals surface area (Å²) in [5.41, 5.74) is 0. The predicted molar refractivity (Wildman–Crippen MR) is 95.5 cm³/mol. The molecule has 0 saturated carbocycles. The van der Waals surface area contributed by atoms with E-state index in [9.17, 15) is 0 Å². The van der Waals surface area contributed by atoms with Gasteiger partial charge in [-0.1, -0.05) is 13.8 Å². The summed E-state index contributed by atoms with van der Waals surface area (Å²) in [5.74, 6) is 3.00. The van der Waals surface area contributed by atoms with Crippen LogP contribution in [-0.4, -0.2) is 57.6 Å². The summed E-state index contributed by atoms with van der Waals surface area (Å²) in [4.78, 5) is 11.3. The Morgan fingerprint density at radius 3 is 3.05 bits per heavy atom. The van der Waals surface area contributed by atoms with E-state index in [-0.39, 0.29) is 0 Å². The zero-order chi connectivity index (χ0) is 15.8. The molecule has 0 spiro atoms. The molecule has 1 aliphatic heterocycles. The molecule has 0 aromatic carbocycles. The van der Waals surface area contributed by atoms with Crippen molar-refractivity contribution in [2.45, 2.75) is 39.0 Å². The van der Waals surface area contributed by atoms with Crippen molar-refractivity contribution in [3.8, 4) is 0 Å². The van der Waals surface area contributed by atoms with Crippen molar-refractivity contribution in [3.05, 3.63) is 18.7 Å². The number of rotatable bonds is 6. The normalized spacial score (nSPS) is 19.7. The summed E-state index contributed by atoms with van der Waals surface area (Å²) in [6, 6.07) is 0. The van der Waals surface area contributed by atoms with Gasteiger partial charge >= 0.3 is 0 Å². The third kappa shape index (κ3) is 5.23. The quantitative estimate of drug-likeness (QED) is 0.496. The molecule has 1 aliphatic rings. The molecule has 5 nitrogen and oxygen atoms in total. The van der Waals surface area contributed by atoms with Gasteiger partial charge in [0.2, 0.25) is 0 Å². The minimum atomic E-state index is 0.712. The third-order valence-electron chi connectivity index (χ3n) is 3.87.